The molecule has 3 heterocycles. The molecule has 40 heavy (non-hydrogen) atoms. The number of carbonyl (C=O) groups excluding carboxylic acids is 1. The second kappa shape index (κ2) is 11.9. The highest BCUT2D eigenvalue weighted by molar-refractivity contribution is 7.80. The van der Waals surface area contributed by atoms with E-state index < -0.39 is 0 Å². The van der Waals surface area contributed by atoms with Crippen LogP contribution in [0.3, 0.4) is 0 Å². The maximum absolute atomic E-state index is 12.5. The molecule has 1 amide bonds. The quantitative estimate of drug-likeness (QED) is 0.241. The van der Waals surface area contributed by atoms with Crippen molar-refractivity contribution in [1.29, 1.82) is 0 Å². The number of anilines is 2. The second-order valence-electron chi connectivity index (χ2n) is 10.3. The molecule has 0 spiro atoms. The van der Waals surface area contributed by atoms with Gasteiger partial charge >= 0.3 is 0 Å². The van der Waals surface area contributed by atoms with E-state index in [1.54, 1.807) is 0 Å². The first-order valence-electron chi connectivity index (χ1n) is 13.9. The number of thiocarbonyl (C=S) groups is 1. The average molecular weight is 552 g/mol. The Hall–Kier alpha value is -4.17. The van der Waals surface area contributed by atoms with Crippen LogP contribution in [0.5, 0.6) is 5.75 Å². The molecule has 2 N–H and O–H groups in total. The minimum absolute atomic E-state index is 0.0577. The lowest BCUT2D eigenvalue weighted by Gasteiger charge is -2.32. The van der Waals surface area contributed by atoms with Gasteiger partial charge in [0, 0.05) is 35.5 Å². The smallest absolute Gasteiger partial charge is 0.262 e. The Morgan fingerprint density at radius 1 is 0.950 bits per heavy atom. The number of hydrogen-bond acceptors (Lipinski definition) is 4. The van der Waals surface area contributed by atoms with Crippen molar-refractivity contribution in [1.82, 2.24) is 14.9 Å². The normalized spacial score (nSPS) is 19.3. The number of aromatic nitrogens is 2. The number of benzene rings is 2. The maximum atomic E-state index is 12.5. The first-order chi connectivity index (χ1) is 19.7. The van der Waals surface area contributed by atoms with E-state index in [4.69, 9.17) is 21.9 Å². The molecule has 1 aliphatic carbocycles. The predicted octanol–water partition coefficient (Wildman–Crippen LogP) is 6.58. The first-order valence-corrected chi connectivity index (χ1v) is 14.3. The van der Waals surface area contributed by atoms with Crippen LogP contribution in [0.15, 0.2) is 97.3 Å². The van der Waals surface area contributed by atoms with E-state index in [-0.39, 0.29) is 24.6 Å². The molecule has 6 rings (SSSR count). The van der Waals surface area contributed by atoms with Crippen LogP contribution in [0.4, 0.5) is 11.4 Å². The molecule has 1 saturated carbocycles. The third-order valence-corrected chi connectivity index (χ3v) is 8.04. The van der Waals surface area contributed by atoms with Gasteiger partial charge < -0.3 is 24.8 Å². The maximum Gasteiger partial charge on any atom is 0.262 e. The zero-order valence-corrected chi connectivity index (χ0v) is 23.1. The van der Waals surface area contributed by atoms with Gasteiger partial charge in [0.1, 0.15) is 11.8 Å². The lowest BCUT2D eigenvalue weighted by atomic mass is 9.94. The van der Waals surface area contributed by atoms with E-state index in [9.17, 15) is 4.79 Å². The van der Waals surface area contributed by atoms with Crippen molar-refractivity contribution in [2.24, 2.45) is 0 Å². The van der Waals surface area contributed by atoms with Gasteiger partial charge in [-0.1, -0.05) is 43.5 Å². The summed E-state index contributed by atoms with van der Waals surface area (Å²) in [5.74, 6) is 0.447. The Kier molecular flexibility index (Phi) is 7.77. The minimum atomic E-state index is -0.214. The monoisotopic (exact) mass is 551 g/mol. The molecule has 7 nitrogen and oxygen atoms in total. The number of ether oxygens (including phenoxy) is 1. The van der Waals surface area contributed by atoms with Gasteiger partial charge in [0.25, 0.3) is 5.91 Å². The van der Waals surface area contributed by atoms with Gasteiger partial charge in [0.2, 0.25) is 0 Å². The topological polar surface area (TPSA) is 71.4 Å². The molecule has 8 heteroatoms. The third kappa shape index (κ3) is 5.58. The van der Waals surface area contributed by atoms with Crippen molar-refractivity contribution >= 4 is 34.6 Å². The lowest BCUT2D eigenvalue weighted by molar-refractivity contribution is -0.118. The molecule has 2 atom stereocenters. The number of nitrogens with zero attached hydrogens (tertiary/aromatic N) is 3. The van der Waals surface area contributed by atoms with E-state index in [0.29, 0.717) is 22.6 Å². The number of rotatable bonds is 8. The molecule has 2 aromatic heterocycles. The summed E-state index contributed by atoms with van der Waals surface area (Å²) < 4.78 is 8.04. The molecular weight excluding hydrogens is 518 g/mol. The van der Waals surface area contributed by atoms with Crippen molar-refractivity contribution in [2.75, 3.05) is 16.8 Å². The zero-order chi connectivity index (χ0) is 27.3. The molecule has 1 saturated heterocycles. The van der Waals surface area contributed by atoms with E-state index in [1.165, 1.54) is 37.8 Å². The molecule has 0 bridgehead atoms. The van der Waals surface area contributed by atoms with Crippen molar-refractivity contribution in [3.8, 4) is 5.75 Å². The van der Waals surface area contributed by atoms with Gasteiger partial charge in [-0.25, -0.2) is 0 Å². The van der Waals surface area contributed by atoms with Crippen LogP contribution in [0.2, 0.25) is 0 Å². The number of carbonyl (C=O) groups is 1. The van der Waals surface area contributed by atoms with Crippen molar-refractivity contribution < 1.29 is 9.53 Å². The number of pyridine rings is 1. The van der Waals surface area contributed by atoms with Crippen LogP contribution in [0, 0.1) is 0 Å². The first kappa shape index (κ1) is 26.1. The summed E-state index contributed by atoms with van der Waals surface area (Å²) in [5, 5.41) is 7.14. The van der Waals surface area contributed by atoms with Gasteiger partial charge in [-0.2, -0.15) is 0 Å². The summed E-state index contributed by atoms with van der Waals surface area (Å²) >= 11 is 5.93. The van der Waals surface area contributed by atoms with Crippen molar-refractivity contribution in [3.05, 3.63) is 109 Å². The standard InChI is InChI=1S/C32H33N5O2S/c38-29(22-39-26-12-5-2-6-13-26)34-23-16-18-25(19-17-23)37-31(30(35-32(37)40)27-14-7-8-20-33-27)28-15-9-21-36(28)24-10-3-1-4-11-24/h2,5-9,12-21,24,30-31H,1,3-4,10-11,22H2,(H,34,38)(H,35,40)/t30-,31-/m0/s1. The largest absolute Gasteiger partial charge is 0.484 e. The summed E-state index contributed by atoms with van der Waals surface area (Å²) in [4.78, 5) is 19.4. The number of hydrogen-bond donors (Lipinski definition) is 2. The van der Waals surface area contributed by atoms with Crippen LogP contribution in [-0.4, -0.2) is 27.2 Å². The number of nitrogens with one attached hydrogen (secondary N) is 2. The van der Waals surface area contributed by atoms with Crippen LogP contribution >= 0.6 is 12.2 Å². The van der Waals surface area contributed by atoms with Crippen LogP contribution < -0.4 is 20.3 Å². The number of para-hydroxylation sites is 1. The fourth-order valence-corrected chi connectivity index (χ4v) is 6.20. The molecule has 2 aromatic carbocycles. The van der Waals surface area contributed by atoms with Gasteiger partial charge in [-0.05, 0) is 85.7 Å². The fraction of sp³-hybridized carbons (Fsp3) is 0.281. The summed E-state index contributed by atoms with van der Waals surface area (Å²) in [5.41, 5.74) is 3.84. The van der Waals surface area contributed by atoms with Crippen LogP contribution in [0.1, 0.15) is 61.6 Å². The zero-order valence-electron chi connectivity index (χ0n) is 22.3. The predicted molar refractivity (Wildman–Crippen MR) is 161 cm³/mol. The van der Waals surface area contributed by atoms with Gasteiger partial charge in [-0.3, -0.25) is 9.78 Å². The molecule has 4 aromatic rings. The second-order valence-corrected chi connectivity index (χ2v) is 10.7. The lowest BCUT2D eigenvalue weighted by Crippen LogP contribution is -2.31. The molecule has 2 fully saturated rings. The highest BCUT2D eigenvalue weighted by atomic mass is 32.1. The van der Waals surface area contributed by atoms with Crippen LogP contribution in [0.25, 0.3) is 0 Å². The Morgan fingerprint density at radius 3 is 2.48 bits per heavy atom. The molecule has 2 aliphatic rings. The SMILES string of the molecule is O=C(COc1ccccc1)Nc1ccc(N2C(=S)N[C@@H](c3ccccn3)[C@@H]2c2cccn2C2CCCCC2)cc1. The van der Waals surface area contributed by atoms with Crippen molar-refractivity contribution in [3.63, 3.8) is 0 Å². The Bertz CT molecular complexity index is 1440. The Morgan fingerprint density at radius 2 is 1.73 bits per heavy atom. The number of amides is 1. The highest BCUT2D eigenvalue weighted by Gasteiger charge is 2.42. The molecular formula is C32H33N5O2S. The van der Waals surface area contributed by atoms with Crippen LogP contribution in [-0.2, 0) is 4.79 Å². The van der Waals surface area contributed by atoms with Crippen molar-refractivity contribution in [2.45, 2.75) is 50.2 Å². The fourth-order valence-electron chi connectivity index (χ4n) is 5.85. The summed E-state index contributed by atoms with van der Waals surface area (Å²) in [6.07, 6.45) is 10.3. The minimum Gasteiger partial charge on any atom is -0.484 e. The Balaban J connectivity index is 1.25. The van der Waals surface area contributed by atoms with E-state index in [0.717, 1.165) is 11.4 Å². The summed E-state index contributed by atoms with van der Waals surface area (Å²) in [7, 11) is 0. The third-order valence-electron chi connectivity index (χ3n) is 7.72. The summed E-state index contributed by atoms with van der Waals surface area (Å²) in [6, 6.07) is 27.8. The molecule has 0 radical (unpaired) electrons. The molecule has 0 unspecified atom stereocenters. The Labute approximate surface area is 240 Å². The average Bonchev–Trinajstić information content (AvgIpc) is 3.62. The van der Waals surface area contributed by atoms with Gasteiger partial charge in [0.05, 0.1) is 11.7 Å². The summed E-state index contributed by atoms with van der Waals surface area (Å²) in [6.45, 7) is -0.0577. The molecule has 1 aliphatic heterocycles. The van der Waals surface area contributed by atoms with Gasteiger partial charge in [-0.15, -0.1) is 0 Å². The van der Waals surface area contributed by atoms with E-state index >= 15 is 0 Å². The highest BCUT2D eigenvalue weighted by Crippen LogP contribution is 2.43. The molecule has 204 valence electrons. The van der Waals surface area contributed by atoms with Gasteiger partial charge in [0.15, 0.2) is 11.7 Å². The van der Waals surface area contributed by atoms with E-state index in [1.807, 2.05) is 72.9 Å². The van der Waals surface area contributed by atoms with E-state index in [2.05, 4.69) is 44.5 Å².